The summed E-state index contributed by atoms with van der Waals surface area (Å²) in [5, 5.41) is 7.01. The molecule has 120 valence electrons. The van der Waals surface area contributed by atoms with Crippen molar-refractivity contribution in [3.05, 3.63) is 29.8 Å². The molecule has 0 radical (unpaired) electrons. The van der Waals surface area contributed by atoms with Gasteiger partial charge in [-0.15, -0.1) is 0 Å². The fraction of sp³-hybridized carbons (Fsp3) is 0.611. The van der Waals surface area contributed by atoms with E-state index in [9.17, 15) is 4.79 Å². The van der Waals surface area contributed by atoms with Gasteiger partial charge in [-0.3, -0.25) is 4.79 Å². The maximum atomic E-state index is 12.4. The molecular formula is C18H27N3O. The molecule has 0 aromatic heterocycles. The molecule has 3 rings (SSSR count). The minimum atomic E-state index is 0.257. The molecule has 2 heterocycles. The summed E-state index contributed by atoms with van der Waals surface area (Å²) in [4.78, 5) is 14.4. The standard InChI is InChI=1S/C18H27N3O/c1-13-5-3-4-6-17(13)19-10-9-18(22)21(2)16-11-14-7-8-15(12-16)20-14/h3-6,14-16,19-20H,7-12H2,1-2H3. The highest BCUT2D eigenvalue weighted by molar-refractivity contribution is 5.76. The molecule has 4 heteroatoms. The van der Waals surface area contributed by atoms with Crippen LogP contribution in [0, 0.1) is 6.92 Å². The van der Waals surface area contributed by atoms with Crippen LogP contribution in [0.15, 0.2) is 24.3 Å². The molecule has 0 aliphatic carbocycles. The van der Waals surface area contributed by atoms with Gasteiger partial charge < -0.3 is 15.5 Å². The van der Waals surface area contributed by atoms with Crippen LogP contribution < -0.4 is 10.6 Å². The third kappa shape index (κ3) is 3.43. The van der Waals surface area contributed by atoms with Crippen molar-refractivity contribution in [2.45, 2.75) is 57.2 Å². The lowest BCUT2D eigenvalue weighted by atomic mass is 9.98. The maximum absolute atomic E-state index is 12.4. The smallest absolute Gasteiger partial charge is 0.224 e. The molecule has 2 aliphatic heterocycles. The van der Waals surface area contributed by atoms with E-state index in [4.69, 9.17) is 0 Å². The molecule has 2 N–H and O–H groups in total. The highest BCUT2D eigenvalue weighted by atomic mass is 16.2. The summed E-state index contributed by atoms with van der Waals surface area (Å²) in [7, 11) is 1.98. The summed E-state index contributed by atoms with van der Waals surface area (Å²) in [5.74, 6) is 0.257. The van der Waals surface area contributed by atoms with Gasteiger partial charge in [-0.25, -0.2) is 0 Å². The van der Waals surface area contributed by atoms with Gasteiger partial charge in [0.1, 0.15) is 0 Å². The molecule has 1 aromatic carbocycles. The number of hydrogen-bond acceptors (Lipinski definition) is 3. The van der Waals surface area contributed by atoms with Crippen molar-refractivity contribution >= 4 is 11.6 Å². The Bertz CT molecular complexity index is 519. The molecule has 4 nitrogen and oxygen atoms in total. The third-order valence-corrected chi connectivity index (χ3v) is 5.19. The first-order valence-corrected chi connectivity index (χ1v) is 8.44. The fourth-order valence-corrected chi connectivity index (χ4v) is 3.80. The van der Waals surface area contributed by atoms with Gasteiger partial charge in [0.15, 0.2) is 0 Å². The Morgan fingerprint density at radius 1 is 1.27 bits per heavy atom. The lowest BCUT2D eigenvalue weighted by Crippen LogP contribution is -2.48. The lowest BCUT2D eigenvalue weighted by Gasteiger charge is -2.35. The van der Waals surface area contributed by atoms with E-state index in [1.165, 1.54) is 18.4 Å². The van der Waals surface area contributed by atoms with E-state index in [-0.39, 0.29) is 5.91 Å². The van der Waals surface area contributed by atoms with Crippen LogP contribution in [0.4, 0.5) is 5.69 Å². The van der Waals surface area contributed by atoms with Gasteiger partial charge in [0.25, 0.3) is 0 Å². The highest BCUT2D eigenvalue weighted by Gasteiger charge is 2.36. The molecule has 2 atom stereocenters. The highest BCUT2D eigenvalue weighted by Crippen LogP contribution is 2.29. The molecule has 22 heavy (non-hydrogen) atoms. The zero-order valence-corrected chi connectivity index (χ0v) is 13.6. The number of nitrogens with one attached hydrogen (secondary N) is 2. The van der Waals surface area contributed by atoms with E-state index in [1.807, 2.05) is 24.1 Å². The van der Waals surface area contributed by atoms with Crippen molar-refractivity contribution < 1.29 is 4.79 Å². The minimum absolute atomic E-state index is 0.257. The van der Waals surface area contributed by atoms with E-state index in [0.29, 0.717) is 31.1 Å². The van der Waals surface area contributed by atoms with Crippen LogP contribution in [0.3, 0.4) is 0 Å². The first kappa shape index (κ1) is 15.3. The fourth-order valence-electron chi connectivity index (χ4n) is 3.80. The predicted octanol–water partition coefficient (Wildman–Crippen LogP) is 2.54. The number of para-hydroxylation sites is 1. The summed E-state index contributed by atoms with van der Waals surface area (Å²) in [6.07, 6.45) is 5.34. The van der Waals surface area contributed by atoms with Gasteiger partial charge >= 0.3 is 0 Å². The summed E-state index contributed by atoms with van der Waals surface area (Å²) >= 11 is 0. The SMILES string of the molecule is Cc1ccccc1NCCC(=O)N(C)C1CC2CCC(C1)N2. The molecule has 0 spiro atoms. The zero-order chi connectivity index (χ0) is 15.5. The number of carbonyl (C=O) groups is 1. The van der Waals surface area contributed by atoms with E-state index < -0.39 is 0 Å². The number of benzene rings is 1. The number of fused-ring (bicyclic) bond motifs is 2. The molecule has 2 saturated heterocycles. The van der Waals surface area contributed by atoms with Crippen molar-refractivity contribution in [1.29, 1.82) is 0 Å². The number of carbonyl (C=O) groups excluding carboxylic acids is 1. The molecule has 2 fully saturated rings. The van der Waals surface area contributed by atoms with Crippen molar-refractivity contribution in [3.8, 4) is 0 Å². The van der Waals surface area contributed by atoms with E-state index in [1.54, 1.807) is 0 Å². The Morgan fingerprint density at radius 2 is 1.95 bits per heavy atom. The second kappa shape index (κ2) is 6.69. The molecule has 2 aliphatic rings. The van der Waals surface area contributed by atoms with E-state index in [0.717, 1.165) is 18.5 Å². The van der Waals surface area contributed by atoms with Crippen LogP contribution in [0.5, 0.6) is 0 Å². The van der Waals surface area contributed by atoms with Crippen LogP contribution in [-0.2, 0) is 4.79 Å². The van der Waals surface area contributed by atoms with Crippen LogP contribution >= 0.6 is 0 Å². The van der Waals surface area contributed by atoms with E-state index in [2.05, 4.69) is 29.7 Å². The molecule has 1 aromatic rings. The Kier molecular flexibility index (Phi) is 4.67. The first-order chi connectivity index (χ1) is 10.6. The van der Waals surface area contributed by atoms with Gasteiger partial charge in [0.2, 0.25) is 5.91 Å². The number of hydrogen-bond donors (Lipinski definition) is 2. The number of piperidine rings is 1. The maximum Gasteiger partial charge on any atom is 0.224 e. The Balaban J connectivity index is 1.46. The predicted molar refractivity (Wildman–Crippen MR) is 90.0 cm³/mol. The second-order valence-electron chi connectivity index (χ2n) is 6.76. The van der Waals surface area contributed by atoms with Gasteiger partial charge in [-0.05, 0) is 44.2 Å². The van der Waals surface area contributed by atoms with Gasteiger partial charge in [-0.2, -0.15) is 0 Å². The molecular weight excluding hydrogens is 274 g/mol. The van der Waals surface area contributed by atoms with Crippen molar-refractivity contribution in [3.63, 3.8) is 0 Å². The summed E-state index contributed by atoms with van der Waals surface area (Å²) in [6, 6.07) is 9.88. The average molecular weight is 301 g/mol. The van der Waals surface area contributed by atoms with Crippen LogP contribution in [0.2, 0.25) is 0 Å². The summed E-state index contributed by atoms with van der Waals surface area (Å²) < 4.78 is 0. The minimum Gasteiger partial charge on any atom is -0.384 e. The quantitative estimate of drug-likeness (QED) is 0.878. The number of nitrogens with zero attached hydrogens (tertiary/aromatic N) is 1. The van der Waals surface area contributed by atoms with Crippen LogP contribution in [0.25, 0.3) is 0 Å². The third-order valence-electron chi connectivity index (χ3n) is 5.19. The largest absolute Gasteiger partial charge is 0.384 e. The Morgan fingerprint density at radius 3 is 2.64 bits per heavy atom. The lowest BCUT2D eigenvalue weighted by molar-refractivity contribution is -0.132. The summed E-state index contributed by atoms with van der Waals surface area (Å²) in [6.45, 7) is 2.78. The van der Waals surface area contributed by atoms with Gasteiger partial charge in [-0.1, -0.05) is 18.2 Å². The molecule has 1 amide bonds. The average Bonchev–Trinajstić information content (AvgIpc) is 2.86. The number of aryl methyl sites for hydroxylation is 1. The number of anilines is 1. The Hall–Kier alpha value is -1.55. The van der Waals surface area contributed by atoms with Crippen molar-refractivity contribution in [1.82, 2.24) is 10.2 Å². The van der Waals surface area contributed by atoms with Crippen molar-refractivity contribution in [2.75, 3.05) is 18.9 Å². The first-order valence-electron chi connectivity index (χ1n) is 8.44. The normalized spacial score (nSPS) is 26.7. The zero-order valence-electron chi connectivity index (χ0n) is 13.6. The topological polar surface area (TPSA) is 44.4 Å². The second-order valence-corrected chi connectivity index (χ2v) is 6.76. The molecule has 0 saturated carbocycles. The molecule has 2 unspecified atom stereocenters. The van der Waals surface area contributed by atoms with Gasteiger partial charge in [0, 0.05) is 43.8 Å². The van der Waals surface area contributed by atoms with Crippen LogP contribution in [0.1, 0.15) is 37.7 Å². The number of rotatable bonds is 5. The Labute approximate surface area is 133 Å². The monoisotopic (exact) mass is 301 g/mol. The van der Waals surface area contributed by atoms with E-state index >= 15 is 0 Å². The summed E-state index contributed by atoms with van der Waals surface area (Å²) in [5.41, 5.74) is 2.34. The molecule has 2 bridgehead atoms. The van der Waals surface area contributed by atoms with Gasteiger partial charge in [0.05, 0.1) is 0 Å². The number of amides is 1. The van der Waals surface area contributed by atoms with Crippen LogP contribution in [-0.4, -0.2) is 42.5 Å². The van der Waals surface area contributed by atoms with Crippen molar-refractivity contribution in [2.24, 2.45) is 0 Å².